The van der Waals surface area contributed by atoms with Gasteiger partial charge in [0.2, 0.25) is 0 Å². The van der Waals surface area contributed by atoms with Crippen molar-refractivity contribution in [3.63, 3.8) is 0 Å². The first-order chi connectivity index (χ1) is 14.2. The molecule has 0 amide bonds. The van der Waals surface area contributed by atoms with Gasteiger partial charge < -0.3 is 4.90 Å². The molecule has 0 unspecified atom stereocenters. The van der Waals surface area contributed by atoms with Crippen LogP contribution in [0.15, 0.2) is 0 Å². The highest BCUT2D eigenvalue weighted by atomic mass is 15.1. The van der Waals surface area contributed by atoms with Crippen LogP contribution in [-0.4, -0.2) is 25.0 Å². The van der Waals surface area contributed by atoms with Crippen molar-refractivity contribution >= 4 is 0 Å². The Kier molecular flexibility index (Phi) is 12.2. The lowest BCUT2D eigenvalue weighted by atomic mass is 9.72. The summed E-state index contributed by atoms with van der Waals surface area (Å²) in [5.74, 6) is 2.95. The fraction of sp³-hybridized carbons (Fsp3) is 1.00. The average molecular weight is 436 g/mol. The van der Waals surface area contributed by atoms with Crippen LogP contribution in [0.4, 0.5) is 0 Å². The summed E-state index contributed by atoms with van der Waals surface area (Å²) < 4.78 is 0. The van der Waals surface area contributed by atoms with Crippen molar-refractivity contribution in [2.75, 3.05) is 20.1 Å². The van der Waals surface area contributed by atoms with E-state index in [1.807, 2.05) is 0 Å². The highest BCUT2D eigenvalue weighted by Crippen LogP contribution is 2.38. The number of hydrogen-bond acceptors (Lipinski definition) is 1. The predicted octanol–water partition coefficient (Wildman–Crippen LogP) is 9.60. The highest BCUT2D eigenvalue weighted by Gasteiger charge is 2.28. The van der Waals surface area contributed by atoms with Gasteiger partial charge >= 0.3 is 0 Å². The molecule has 31 heavy (non-hydrogen) atoms. The fourth-order valence-corrected chi connectivity index (χ4v) is 5.81. The van der Waals surface area contributed by atoms with Crippen LogP contribution in [0.25, 0.3) is 0 Å². The van der Waals surface area contributed by atoms with Gasteiger partial charge in [-0.25, -0.2) is 0 Å². The third-order valence-corrected chi connectivity index (χ3v) is 8.60. The number of nitrogens with zero attached hydrogens (tertiary/aromatic N) is 1. The van der Waals surface area contributed by atoms with Gasteiger partial charge in [0.15, 0.2) is 0 Å². The Morgan fingerprint density at radius 1 is 0.419 bits per heavy atom. The van der Waals surface area contributed by atoms with E-state index in [-0.39, 0.29) is 0 Å². The van der Waals surface area contributed by atoms with E-state index in [2.05, 4.69) is 74.3 Å². The molecule has 0 radical (unpaired) electrons. The number of hydrogen-bond donors (Lipinski definition) is 0. The van der Waals surface area contributed by atoms with Crippen LogP contribution >= 0.6 is 0 Å². The molecule has 0 aromatic rings. The molecule has 1 nitrogen and oxygen atoms in total. The molecule has 3 fully saturated rings. The molecule has 1 heteroatoms. The van der Waals surface area contributed by atoms with Gasteiger partial charge in [-0.05, 0) is 92.7 Å². The molecule has 0 aromatic carbocycles. The van der Waals surface area contributed by atoms with Crippen LogP contribution in [0.5, 0.6) is 0 Å². The minimum absolute atomic E-state index is 0.529. The maximum atomic E-state index is 2.43. The van der Waals surface area contributed by atoms with E-state index in [0.29, 0.717) is 16.2 Å². The number of piperidine rings is 1. The minimum Gasteiger partial charge on any atom is -0.306 e. The second-order valence-electron chi connectivity index (χ2n) is 14.3. The van der Waals surface area contributed by atoms with Gasteiger partial charge in [-0.1, -0.05) is 101 Å². The van der Waals surface area contributed by atoms with Crippen molar-refractivity contribution in [1.82, 2.24) is 4.90 Å². The summed E-state index contributed by atoms with van der Waals surface area (Å²) in [5, 5.41) is 0. The van der Waals surface area contributed by atoms with Crippen molar-refractivity contribution in [3.05, 3.63) is 0 Å². The zero-order valence-corrected chi connectivity index (χ0v) is 23.6. The SMILES string of the molecule is CC(C)(C)C1CCCCC1.CC(C)(C)C1CCCCC1.CN1CCC(C(C)(C)C)CC1. The lowest BCUT2D eigenvalue weighted by Crippen LogP contribution is -2.35. The third kappa shape index (κ3) is 12.1. The lowest BCUT2D eigenvalue weighted by molar-refractivity contribution is 0.129. The van der Waals surface area contributed by atoms with Gasteiger partial charge in [-0.3, -0.25) is 0 Å². The first-order valence-electron chi connectivity index (χ1n) is 13.9. The van der Waals surface area contributed by atoms with Gasteiger partial charge in [0.1, 0.15) is 0 Å². The van der Waals surface area contributed by atoms with Gasteiger partial charge in [0.05, 0.1) is 0 Å². The minimum atomic E-state index is 0.529. The topological polar surface area (TPSA) is 3.24 Å². The molecule has 0 aromatic heterocycles. The molecular weight excluding hydrogens is 374 g/mol. The summed E-state index contributed by atoms with van der Waals surface area (Å²) in [5.41, 5.74) is 1.67. The van der Waals surface area contributed by atoms with Crippen LogP contribution in [0.1, 0.15) is 139 Å². The smallest absolute Gasteiger partial charge is 0.00189 e. The first kappa shape index (κ1) is 29.0. The van der Waals surface area contributed by atoms with Crippen LogP contribution in [0.2, 0.25) is 0 Å². The summed E-state index contributed by atoms with van der Waals surface area (Å²) in [4.78, 5) is 2.43. The van der Waals surface area contributed by atoms with Gasteiger partial charge in [-0.2, -0.15) is 0 Å². The van der Waals surface area contributed by atoms with E-state index in [0.717, 1.165) is 17.8 Å². The quantitative estimate of drug-likeness (QED) is 0.366. The van der Waals surface area contributed by atoms with E-state index in [1.54, 1.807) is 0 Å². The van der Waals surface area contributed by atoms with E-state index in [4.69, 9.17) is 0 Å². The predicted molar refractivity (Wildman–Crippen MR) is 142 cm³/mol. The Labute approximate surface area is 198 Å². The average Bonchev–Trinajstić information content (AvgIpc) is 2.69. The third-order valence-electron chi connectivity index (χ3n) is 8.60. The molecule has 0 N–H and O–H groups in total. The summed E-state index contributed by atoms with van der Waals surface area (Å²) in [6.07, 6.45) is 17.5. The normalized spacial score (nSPS) is 23.4. The Hall–Kier alpha value is -0.0400. The van der Waals surface area contributed by atoms with E-state index in [1.165, 1.54) is 90.1 Å². The summed E-state index contributed by atoms with van der Waals surface area (Å²) >= 11 is 0. The van der Waals surface area contributed by atoms with Crippen LogP contribution in [0.3, 0.4) is 0 Å². The van der Waals surface area contributed by atoms with Crippen molar-refractivity contribution in [2.24, 2.45) is 34.0 Å². The zero-order valence-electron chi connectivity index (χ0n) is 23.6. The highest BCUT2D eigenvalue weighted by molar-refractivity contribution is 4.79. The first-order valence-corrected chi connectivity index (χ1v) is 13.9. The molecular formula is C30H61N. The molecule has 0 bridgehead atoms. The van der Waals surface area contributed by atoms with Crippen LogP contribution in [-0.2, 0) is 0 Å². The van der Waals surface area contributed by atoms with Crippen LogP contribution in [0, 0.1) is 34.0 Å². The maximum Gasteiger partial charge on any atom is -0.00189 e. The number of rotatable bonds is 0. The Bertz CT molecular complexity index is 410. The molecule has 1 saturated heterocycles. The van der Waals surface area contributed by atoms with Gasteiger partial charge in [-0.15, -0.1) is 0 Å². The summed E-state index contributed by atoms with van der Waals surface area (Å²) in [6, 6.07) is 0. The monoisotopic (exact) mass is 435 g/mol. The Balaban J connectivity index is 0.000000233. The van der Waals surface area contributed by atoms with Crippen molar-refractivity contribution < 1.29 is 0 Å². The molecule has 2 aliphatic carbocycles. The molecule has 3 rings (SSSR count). The zero-order chi connectivity index (χ0) is 23.7. The van der Waals surface area contributed by atoms with Crippen molar-refractivity contribution in [3.8, 4) is 0 Å². The summed E-state index contributed by atoms with van der Waals surface area (Å²) in [6.45, 7) is 23.9. The van der Waals surface area contributed by atoms with Gasteiger partial charge in [0.25, 0.3) is 0 Å². The van der Waals surface area contributed by atoms with E-state index >= 15 is 0 Å². The molecule has 186 valence electrons. The van der Waals surface area contributed by atoms with E-state index in [9.17, 15) is 0 Å². The standard InChI is InChI=1S/C10H21N.2C10H20/c1-10(2,3)9-5-7-11(4)8-6-9;2*1-10(2,3)9-7-5-4-6-8-9/h9H,5-8H2,1-4H3;2*9H,4-8H2,1-3H3. The van der Waals surface area contributed by atoms with Crippen molar-refractivity contribution in [2.45, 2.75) is 139 Å². The molecule has 1 heterocycles. The Morgan fingerprint density at radius 3 is 0.903 bits per heavy atom. The Morgan fingerprint density at radius 2 is 0.677 bits per heavy atom. The lowest BCUT2D eigenvalue weighted by Gasteiger charge is -2.37. The molecule has 1 aliphatic heterocycles. The fourth-order valence-electron chi connectivity index (χ4n) is 5.81. The largest absolute Gasteiger partial charge is 0.306 e. The second-order valence-corrected chi connectivity index (χ2v) is 14.3. The molecule has 2 saturated carbocycles. The van der Waals surface area contributed by atoms with Gasteiger partial charge in [0, 0.05) is 0 Å². The molecule has 3 aliphatic rings. The van der Waals surface area contributed by atoms with Crippen LogP contribution < -0.4 is 0 Å². The number of likely N-dealkylation sites (tertiary alicyclic amines) is 1. The maximum absolute atomic E-state index is 2.43. The molecule has 0 spiro atoms. The van der Waals surface area contributed by atoms with Crippen molar-refractivity contribution in [1.29, 1.82) is 0 Å². The van der Waals surface area contributed by atoms with E-state index < -0.39 is 0 Å². The molecule has 0 atom stereocenters. The summed E-state index contributed by atoms with van der Waals surface area (Å²) in [7, 11) is 2.22. The second kappa shape index (κ2) is 13.0.